The molecule has 0 N–H and O–H groups in total. The van der Waals surface area contributed by atoms with Crippen molar-refractivity contribution in [2.24, 2.45) is 11.8 Å². The zero-order valence-electron chi connectivity index (χ0n) is 18.0. The van der Waals surface area contributed by atoms with E-state index < -0.39 is 8.32 Å². The van der Waals surface area contributed by atoms with Gasteiger partial charge in [0.25, 0.3) is 0 Å². The Bertz CT molecular complexity index is 582. The van der Waals surface area contributed by atoms with Gasteiger partial charge in [0.05, 0.1) is 6.61 Å². The first-order valence-electron chi connectivity index (χ1n) is 9.57. The van der Waals surface area contributed by atoms with Crippen LogP contribution in [0.1, 0.15) is 61.0 Å². The van der Waals surface area contributed by atoms with Gasteiger partial charge < -0.3 is 9.16 Å². The van der Waals surface area contributed by atoms with Crippen LogP contribution < -0.4 is 4.43 Å². The van der Waals surface area contributed by atoms with Crippen LogP contribution in [0.2, 0.25) is 18.1 Å². The van der Waals surface area contributed by atoms with Gasteiger partial charge in [-0.1, -0.05) is 60.6 Å². The van der Waals surface area contributed by atoms with Crippen LogP contribution in [0.25, 0.3) is 5.76 Å². The first kappa shape index (κ1) is 21.8. The zero-order chi connectivity index (χ0) is 19.4. The minimum atomic E-state index is -1.85. The molecule has 0 saturated heterocycles. The van der Waals surface area contributed by atoms with E-state index in [1.54, 1.807) is 0 Å². The first-order chi connectivity index (χ1) is 11.4. The van der Waals surface area contributed by atoms with Crippen LogP contribution >= 0.6 is 0 Å². The van der Waals surface area contributed by atoms with Gasteiger partial charge in [0.15, 0.2) is 0 Å². The molecule has 0 heterocycles. The lowest BCUT2D eigenvalue weighted by molar-refractivity contribution is 0.289. The molecule has 0 aliphatic heterocycles. The monoisotopic (exact) mass is 362 g/mol. The molecule has 0 fully saturated rings. The average Bonchev–Trinajstić information content (AvgIpc) is 2.44. The summed E-state index contributed by atoms with van der Waals surface area (Å²) < 4.78 is 12.6. The molecular weight excluding hydrogens is 324 g/mol. The Morgan fingerprint density at radius 3 is 2.04 bits per heavy atom. The van der Waals surface area contributed by atoms with E-state index in [2.05, 4.69) is 85.8 Å². The van der Waals surface area contributed by atoms with E-state index in [-0.39, 0.29) is 5.04 Å². The Morgan fingerprint density at radius 1 is 1.04 bits per heavy atom. The van der Waals surface area contributed by atoms with E-state index in [1.165, 1.54) is 5.57 Å². The second-order valence-corrected chi connectivity index (χ2v) is 13.6. The molecule has 0 atom stereocenters. The van der Waals surface area contributed by atoms with Gasteiger partial charge in [-0.3, -0.25) is 0 Å². The number of hydrogen-bond acceptors (Lipinski definition) is 2. The van der Waals surface area contributed by atoms with Crippen molar-refractivity contribution in [1.29, 1.82) is 0 Å². The molecule has 0 amide bonds. The molecule has 2 nitrogen and oxygen atoms in total. The van der Waals surface area contributed by atoms with E-state index in [4.69, 9.17) is 9.16 Å². The van der Waals surface area contributed by atoms with Gasteiger partial charge >= 0.3 is 0 Å². The highest BCUT2D eigenvalue weighted by molar-refractivity contribution is 6.74. The minimum Gasteiger partial charge on any atom is -0.543 e. The van der Waals surface area contributed by atoms with Gasteiger partial charge in [0, 0.05) is 5.56 Å². The van der Waals surface area contributed by atoms with Gasteiger partial charge in [-0.05, 0) is 54.6 Å². The van der Waals surface area contributed by atoms with Crippen LogP contribution in [0, 0.1) is 11.8 Å². The molecular formula is C22H38O2Si. The van der Waals surface area contributed by atoms with Crippen molar-refractivity contribution in [3.05, 3.63) is 35.4 Å². The number of hydrogen-bond donors (Lipinski definition) is 0. The topological polar surface area (TPSA) is 18.5 Å². The molecule has 0 saturated carbocycles. The smallest absolute Gasteiger partial charge is 0.250 e. The number of ether oxygens (including phenoxy) is 1. The summed E-state index contributed by atoms with van der Waals surface area (Å²) in [6.07, 6.45) is 0. The zero-order valence-corrected chi connectivity index (χ0v) is 19.0. The van der Waals surface area contributed by atoms with Crippen molar-refractivity contribution in [2.75, 3.05) is 6.61 Å². The second-order valence-electron chi connectivity index (χ2n) is 8.92. The van der Waals surface area contributed by atoms with Crippen LogP contribution in [0.4, 0.5) is 0 Å². The number of benzene rings is 1. The molecule has 0 radical (unpaired) electrons. The maximum absolute atomic E-state index is 6.50. The summed E-state index contributed by atoms with van der Waals surface area (Å²) in [7, 11) is -1.85. The predicted octanol–water partition coefficient (Wildman–Crippen LogP) is 7.13. The Hall–Kier alpha value is -1.22. The lowest BCUT2D eigenvalue weighted by atomic mass is 9.89. The molecule has 0 spiro atoms. The Balaban J connectivity index is 3.35. The minimum absolute atomic E-state index is 0.183. The molecule has 1 rings (SSSR count). The molecule has 0 bridgehead atoms. The molecule has 1 aromatic carbocycles. The third-order valence-electron chi connectivity index (χ3n) is 5.07. The summed E-state index contributed by atoms with van der Waals surface area (Å²) in [6.45, 7) is 23.1. The Kier molecular flexibility index (Phi) is 7.37. The maximum atomic E-state index is 6.50. The first-order valence-corrected chi connectivity index (χ1v) is 12.5. The highest BCUT2D eigenvalue weighted by Crippen LogP contribution is 2.38. The molecule has 1 aromatic rings. The second kappa shape index (κ2) is 8.44. The summed E-state index contributed by atoms with van der Waals surface area (Å²) in [5.41, 5.74) is 2.49. The van der Waals surface area contributed by atoms with E-state index in [0.29, 0.717) is 18.4 Å². The van der Waals surface area contributed by atoms with Crippen molar-refractivity contribution in [3.63, 3.8) is 0 Å². The standard InChI is InChI=1S/C22H38O2Si/c1-11-23-21(20(16(2)3)17(4)5)18-13-12-14-19(15-18)24-25(9,10)22(6,7)8/h12-17H,11H2,1-10H3. The number of allylic oxidation sites excluding steroid dienone is 1. The fraction of sp³-hybridized carbons (Fsp3) is 0.636. The lowest BCUT2D eigenvalue weighted by Crippen LogP contribution is -2.43. The summed E-state index contributed by atoms with van der Waals surface area (Å²) in [5.74, 6) is 2.87. The highest BCUT2D eigenvalue weighted by Gasteiger charge is 2.39. The quantitative estimate of drug-likeness (QED) is 0.379. The maximum Gasteiger partial charge on any atom is 0.250 e. The molecule has 0 aliphatic carbocycles. The van der Waals surface area contributed by atoms with Gasteiger partial charge in [0.1, 0.15) is 11.5 Å². The fourth-order valence-electron chi connectivity index (χ4n) is 2.82. The molecule has 25 heavy (non-hydrogen) atoms. The largest absolute Gasteiger partial charge is 0.543 e. The molecule has 3 heteroatoms. The van der Waals surface area contributed by atoms with E-state index in [9.17, 15) is 0 Å². The van der Waals surface area contributed by atoms with Crippen LogP contribution in [0.3, 0.4) is 0 Å². The lowest BCUT2D eigenvalue weighted by Gasteiger charge is -2.36. The summed E-state index contributed by atoms with van der Waals surface area (Å²) in [6, 6.07) is 8.43. The van der Waals surface area contributed by atoms with Gasteiger partial charge in [-0.15, -0.1) is 0 Å². The van der Waals surface area contributed by atoms with Crippen molar-refractivity contribution in [1.82, 2.24) is 0 Å². The van der Waals surface area contributed by atoms with E-state index in [0.717, 1.165) is 17.1 Å². The highest BCUT2D eigenvalue weighted by atomic mass is 28.4. The summed E-state index contributed by atoms with van der Waals surface area (Å²) >= 11 is 0. The number of rotatable bonds is 7. The van der Waals surface area contributed by atoms with Gasteiger partial charge in [-0.2, -0.15) is 0 Å². The van der Waals surface area contributed by atoms with Crippen LogP contribution in [-0.4, -0.2) is 14.9 Å². The SMILES string of the molecule is CCOC(=C(C(C)C)C(C)C)c1cccc(O[Si](C)(C)C(C)(C)C)c1. The van der Waals surface area contributed by atoms with Gasteiger partial charge in [-0.25, -0.2) is 0 Å². The normalized spacial score (nSPS) is 12.5. The summed E-state index contributed by atoms with van der Waals surface area (Å²) in [4.78, 5) is 0. The third-order valence-corrected chi connectivity index (χ3v) is 9.43. The van der Waals surface area contributed by atoms with Crippen LogP contribution in [0.15, 0.2) is 29.8 Å². The predicted molar refractivity (Wildman–Crippen MR) is 112 cm³/mol. The van der Waals surface area contributed by atoms with Crippen molar-refractivity contribution >= 4 is 14.1 Å². The molecule has 0 unspecified atom stereocenters. The van der Waals surface area contributed by atoms with E-state index >= 15 is 0 Å². The van der Waals surface area contributed by atoms with Crippen molar-refractivity contribution in [2.45, 2.75) is 73.5 Å². The van der Waals surface area contributed by atoms with Crippen LogP contribution in [0.5, 0.6) is 5.75 Å². The van der Waals surface area contributed by atoms with Gasteiger partial charge in [0.2, 0.25) is 8.32 Å². The molecule has 0 aromatic heterocycles. The molecule has 0 aliphatic rings. The third kappa shape index (κ3) is 5.63. The molecule has 142 valence electrons. The van der Waals surface area contributed by atoms with Crippen LogP contribution in [-0.2, 0) is 4.74 Å². The van der Waals surface area contributed by atoms with Crippen molar-refractivity contribution in [3.8, 4) is 5.75 Å². The average molecular weight is 363 g/mol. The summed E-state index contributed by atoms with van der Waals surface area (Å²) in [5, 5.41) is 0.183. The Labute approximate surface area is 156 Å². The fourth-order valence-corrected chi connectivity index (χ4v) is 3.84. The van der Waals surface area contributed by atoms with E-state index in [1.807, 2.05) is 6.92 Å². The van der Waals surface area contributed by atoms with Crippen molar-refractivity contribution < 1.29 is 9.16 Å². The Morgan fingerprint density at radius 2 is 1.60 bits per heavy atom.